The number of aryl methyl sites for hydroxylation is 1. The van der Waals surface area contributed by atoms with Gasteiger partial charge in [-0.3, -0.25) is 14.4 Å². The lowest BCUT2D eigenvalue weighted by atomic mass is 9.89. The van der Waals surface area contributed by atoms with Crippen LogP contribution < -0.4 is 5.32 Å². The number of carbonyl (C=O) groups is 1. The largest absolute Gasteiger partial charge is 0.335 e. The van der Waals surface area contributed by atoms with E-state index in [1.54, 1.807) is 0 Å². The topological polar surface area (TPSA) is 53.4 Å². The van der Waals surface area contributed by atoms with Gasteiger partial charge in [-0.1, -0.05) is 37.3 Å². The molecule has 170 valence electrons. The molecule has 3 atom stereocenters. The molecule has 5 rings (SSSR count). The summed E-state index contributed by atoms with van der Waals surface area (Å²) in [5.74, 6) is 1.35. The monoisotopic (exact) mass is 465 g/mol. The molecule has 0 saturated carbocycles. The zero-order valence-electron chi connectivity index (χ0n) is 18.1. The van der Waals surface area contributed by atoms with Crippen molar-refractivity contribution in [2.24, 2.45) is 11.8 Å². The molecule has 1 aromatic heterocycles. The van der Waals surface area contributed by atoms with E-state index < -0.39 is 0 Å². The summed E-state index contributed by atoms with van der Waals surface area (Å²) < 4.78 is 2.18. The highest BCUT2D eigenvalue weighted by atomic mass is 35.5. The van der Waals surface area contributed by atoms with Gasteiger partial charge in [0, 0.05) is 51.6 Å². The molecule has 0 unspecified atom stereocenters. The Labute approximate surface area is 197 Å². The van der Waals surface area contributed by atoms with Gasteiger partial charge in [0.2, 0.25) is 5.91 Å². The molecule has 0 bridgehead atoms. The van der Waals surface area contributed by atoms with Gasteiger partial charge in [0.15, 0.2) is 0 Å². The molecule has 2 aromatic rings. The van der Waals surface area contributed by atoms with Crippen LogP contribution in [0.25, 0.3) is 0 Å². The quantitative estimate of drug-likeness (QED) is 0.752. The molecule has 3 aliphatic rings. The van der Waals surface area contributed by atoms with E-state index in [1.807, 2.05) is 6.92 Å². The van der Waals surface area contributed by atoms with Crippen molar-refractivity contribution in [3.05, 3.63) is 53.3 Å². The molecule has 1 aromatic carbocycles. The van der Waals surface area contributed by atoms with Gasteiger partial charge in [0.05, 0.1) is 17.4 Å². The lowest BCUT2D eigenvalue weighted by Gasteiger charge is -2.29. The smallest absolute Gasteiger partial charge is 0.222 e. The van der Waals surface area contributed by atoms with Crippen molar-refractivity contribution in [3.8, 4) is 0 Å². The van der Waals surface area contributed by atoms with Crippen molar-refractivity contribution in [2.75, 3.05) is 26.2 Å². The van der Waals surface area contributed by atoms with Gasteiger partial charge in [0.1, 0.15) is 0 Å². The summed E-state index contributed by atoms with van der Waals surface area (Å²) in [7, 11) is 0. The number of hydrogen-bond donors (Lipinski definition) is 1. The highest BCUT2D eigenvalue weighted by Crippen LogP contribution is 2.45. The van der Waals surface area contributed by atoms with Gasteiger partial charge in [-0.2, -0.15) is 5.10 Å². The molecule has 8 heteroatoms. The summed E-state index contributed by atoms with van der Waals surface area (Å²) in [5, 5.41) is 8.35. The molecule has 0 aliphatic carbocycles. The molecule has 3 aliphatic heterocycles. The van der Waals surface area contributed by atoms with Gasteiger partial charge >= 0.3 is 0 Å². The van der Waals surface area contributed by atoms with Crippen molar-refractivity contribution < 1.29 is 4.79 Å². The Morgan fingerprint density at radius 2 is 1.97 bits per heavy atom. The predicted molar refractivity (Wildman–Crippen MR) is 126 cm³/mol. The summed E-state index contributed by atoms with van der Waals surface area (Å²) in [5.41, 5.74) is 3.77. The van der Waals surface area contributed by atoms with Crippen LogP contribution in [0.1, 0.15) is 42.8 Å². The Bertz CT molecular complexity index is 851. The molecule has 4 heterocycles. The zero-order valence-corrected chi connectivity index (χ0v) is 19.7. The summed E-state index contributed by atoms with van der Waals surface area (Å²) >= 11 is 0. The molecule has 2 saturated heterocycles. The van der Waals surface area contributed by atoms with E-state index >= 15 is 0 Å². The standard InChI is InChI=1S/C23H31N5O.2ClH/c1-2-22(29)27-14-18-13-26(16-21(18)23(27)17-7-4-3-5-8-17)15-19-11-20-12-24-9-6-10-28(20)25-19;;/h3-5,7-8,11,18,21,23-24H,2,6,9-10,12-16H2,1H3;2*1H/t18-,21-,23+;;/m0../s1. The summed E-state index contributed by atoms with van der Waals surface area (Å²) in [4.78, 5) is 17.3. The Morgan fingerprint density at radius 1 is 1.16 bits per heavy atom. The average molecular weight is 466 g/mol. The number of aromatic nitrogens is 2. The number of amides is 1. The van der Waals surface area contributed by atoms with Gasteiger partial charge in [-0.15, -0.1) is 24.8 Å². The van der Waals surface area contributed by atoms with Gasteiger partial charge in [-0.05, 0) is 30.5 Å². The minimum absolute atomic E-state index is 0. The van der Waals surface area contributed by atoms with Crippen molar-refractivity contribution >= 4 is 30.7 Å². The Hall–Kier alpha value is -1.60. The van der Waals surface area contributed by atoms with Crippen LogP contribution in [0, 0.1) is 11.8 Å². The normalized spacial score (nSPS) is 25.2. The Balaban J connectivity index is 0.00000136. The number of carbonyl (C=O) groups excluding carboxylic acids is 1. The molecule has 2 fully saturated rings. The number of nitrogens with zero attached hydrogens (tertiary/aromatic N) is 4. The van der Waals surface area contributed by atoms with E-state index in [2.05, 4.69) is 56.2 Å². The first-order chi connectivity index (χ1) is 14.2. The highest BCUT2D eigenvalue weighted by Gasteiger charge is 2.48. The van der Waals surface area contributed by atoms with E-state index in [9.17, 15) is 4.79 Å². The van der Waals surface area contributed by atoms with Crippen LogP contribution in [0.4, 0.5) is 0 Å². The SMILES string of the molecule is CCC(=O)N1C[C@@H]2CN(Cc3cc4n(n3)CCCNC4)C[C@@H]2[C@H]1c1ccccc1.Cl.Cl. The average Bonchev–Trinajstić information content (AvgIpc) is 3.36. The number of fused-ring (bicyclic) bond motifs is 2. The second kappa shape index (κ2) is 10.3. The minimum atomic E-state index is 0. The molecular formula is C23H33Cl2N5O. The first-order valence-electron chi connectivity index (χ1n) is 11.1. The number of halogens is 2. The zero-order chi connectivity index (χ0) is 19.8. The maximum Gasteiger partial charge on any atom is 0.222 e. The lowest BCUT2D eigenvalue weighted by Crippen LogP contribution is -2.35. The first kappa shape index (κ1) is 24.1. The third kappa shape index (κ3) is 4.77. The molecule has 0 spiro atoms. The van der Waals surface area contributed by atoms with Crippen LogP contribution in [0.3, 0.4) is 0 Å². The fourth-order valence-corrected chi connectivity index (χ4v) is 5.53. The summed E-state index contributed by atoms with van der Waals surface area (Å²) in [6.07, 6.45) is 1.72. The van der Waals surface area contributed by atoms with E-state index in [0.717, 1.165) is 52.2 Å². The van der Waals surface area contributed by atoms with E-state index in [0.29, 0.717) is 18.3 Å². The number of nitrogens with one attached hydrogen (secondary N) is 1. The van der Waals surface area contributed by atoms with E-state index in [1.165, 1.54) is 17.0 Å². The van der Waals surface area contributed by atoms with Gasteiger partial charge in [-0.25, -0.2) is 0 Å². The van der Waals surface area contributed by atoms with Crippen LogP contribution in [0.2, 0.25) is 0 Å². The van der Waals surface area contributed by atoms with Crippen molar-refractivity contribution in [3.63, 3.8) is 0 Å². The maximum absolute atomic E-state index is 12.6. The Kier molecular flexibility index (Phi) is 8.03. The van der Waals surface area contributed by atoms with Crippen LogP contribution in [-0.4, -0.2) is 51.7 Å². The summed E-state index contributed by atoms with van der Waals surface area (Å²) in [6.45, 7) is 8.87. The third-order valence-corrected chi connectivity index (χ3v) is 6.83. The second-order valence-electron chi connectivity index (χ2n) is 8.75. The highest BCUT2D eigenvalue weighted by molar-refractivity contribution is 5.85. The molecule has 1 N–H and O–H groups in total. The number of hydrogen-bond acceptors (Lipinski definition) is 4. The van der Waals surface area contributed by atoms with E-state index in [4.69, 9.17) is 5.10 Å². The fourth-order valence-electron chi connectivity index (χ4n) is 5.53. The van der Waals surface area contributed by atoms with Gasteiger partial charge < -0.3 is 10.2 Å². The molecule has 6 nitrogen and oxygen atoms in total. The lowest BCUT2D eigenvalue weighted by molar-refractivity contribution is -0.132. The van der Waals surface area contributed by atoms with Gasteiger partial charge in [0.25, 0.3) is 0 Å². The summed E-state index contributed by atoms with van der Waals surface area (Å²) in [6, 6.07) is 13.1. The molecular weight excluding hydrogens is 433 g/mol. The second-order valence-corrected chi connectivity index (χ2v) is 8.75. The maximum atomic E-state index is 12.6. The van der Waals surface area contributed by atoms with Crippen LogP contribution >= 0.6 is 24.8 Å². The Morgan fingerprint density at radius 3 is 2.74 bits per heavy atom. The van der Waals surface area contributed by atoms with Crippen molar-refractivity contribution in [1.82, 2.24) is 24.9 Å². The van der Waals surface area contributed by atoms with Crippen molar-refractivity contribution in [2.45, 2.75) is 45.4 Å². The first-order valence-corrected chi connectivity index (χ1v) is 11.1. The van der Waals surface area contributed by atoms with Crippen molar-refractivity contribution in [1.29, 1.82) is 0 Å². The number of rotatable bonds is 4. The van der Waals surface area contributed by atoms with Crippen LogP contribution in [0.5, 0.6) is 0 Å². The molecule has 31 heavy (non-hydrogen) atoms. The van der Waals surface area contributed by atoms with Crippen LogP contribution in [0.15, 0.2) is 36.4 Å². The third-order valence-electron chi connectivity index (χ3n) is 6.83. The molecule has 0 radical (unpaired) electrons. The molecule has 1 amide bonds. The minimum Gasteiger partial charge on any atom is -0.335 e. The fraction of sp³-hybridized carbons (Fsp3) is 0.565. The number of likely N-dealkylation sites (tertiary alicyclic amines) is 2. The predicted octanol–water partition coefficient (Wildman–Crippen LogP) is 3.26. The van der Waals surface area contributed by atoms with Crippen LogP contribution in [-0.2, 0) is 24.4 Å². The number of benzene rings is 1. The van der Waals surface area contributed by atoms with E-state index in [-0.39, 0.29) is 36.8 Å².